The van der Waals surface area contributed by atoms with Crippen LogP contribution in [0.3, 0.4) is 0 Å². The molecule has 0 saturated heterocycles. The van der Waals surface area contributed by atoms with Gasteiger partial charge in [0.05, 0.1) is 0 Å². The van der Waals surface area contributed by atoms with E-state index in [2.05, 4.69) is 20.2 Å². The van der Waals surface area contributed by atoms with Crippen molar-refractivity contribution in [3.8, 4) is 0 Å². The first-order valence-corrected chi connectivity index (χ1v) is 8.74. The first kappa shape index (κ1) is 17.9. The zero-order chi connectivity index (χ0) is 19.7. The molecule has 0 saturated carbocycles. The molecule has 2 aromatic carbocycles. The molecule has 0 amide bonds. The molecule has 4 aromatic rings. The first-order valence-electron chi connectivity index (χ1n) is 8.36. The average molecular weight is 397 g/mol. The number of allylic oxidation sites excluding steroid dienone is 1. The Morgan fingerprint density at radius 2 is 2.00 bits per heavy atom. The minimum absolute atomic E-state index is 0.0181. The van der Waals surface area contributed by atoms with Gasteiger partial charge in [0, 0.05) is 39.7 Å². The minimum atomic E-state index is -0.515. The molecule has 0 atom stereocenters. The largest absolute Gasteiger partial charge is 0.507 e. The number of nitrogens with zero attached hydrogens (tertiary/aromatic N) is 2. The van der Waals surface area contributed by atoms with Crippen LogP contribution in [0.5, 0.6) is 0 Å². The predicted molar refractivity (Wildman–Crippen MR) is 104 cm³/mol. The summed E-state index contributed by atoms with van der Waals surface area (Å²) in [6.45, 7) is 0. The molecule has 2 heterocycles. The van der Waals surface area contributed by atoms with Crippen LogP contribution in [-0.4, -0.2) is 31.1 Å². The number of hydrogen-bond acceptors (Lipinski definition) is 4. The number of halogens is 2. The summed E-state index contributed by atoms with van der Waals surface area (Å²) in [5, 5.41) is 18.0. The molecule has 4 rings (SSSR count). The number of carbonyl (C=O) groups excluding carboxylic acids is 1. The number of rotatable bonds is 5. The van der Waals surface area contributed by atoms with Gasteiger partial charge in [0.25, 0.3) is 0 Å². The lowest BCUT2D eigenvalue weighted by Gasteiger charge is -2.05. The van der Waals surface area contributed by atoms with E-state index in [1.807, 2.05) is 0 Å². The second-order valence-corrected chi connectivity index (χ2v) is 6.64. The number of aliphatic hydroxyl groups excluding tert-OH is 1. The van der Waals surface area contributed by atoms with Gasteiger partial charge in [0.15, 0.2) is 5.82 Å². The van der Waals surface area contributed by atoms with Crippen molar-refractivity contribution in [3.05, 3.63) is 88.4 Å². The van der Waals surface area contributed by atoms with Gasteiger partial charge in [-0.05, 0) is 35.9 Å². The third kappa shape index (κ3) is 3.52. The van der Waals surface area contributed by atoms with Gasteiger partial charge in [-0.25, -0.2) is 9.37 Å². The maximum atomic E-state index is 13.2. The smallest absolute Gasteiger partial charge is 0.226 e. The van der Waals surface area contributed by atoms with Crippen molar-refractivity contribution in [2.45, 2.75) is 6.42 Å². The number of aromatic nitrogens is 4. The second-order valence-electron chi connectivity index (χ2n) is 6.20. The van der Waals surface area contributed by atoms with Gasteiger partial charge in [-0.15, -0.1) is 0 Å². The maximum absolute atomic E-state index is 13.2. The lowest BCUT2D eigenvalue weighted by Crippen LogP contribution is -2.01. The number of carbonyl (C=O) groups is 1. The third-order valence-corrected chi connectivity index (χ3v) is 4.54. The van der Waals surface area contributed by atoms with Gasteiger partial charge in [0.2, 0.25) is 5.78 Å². The summed E-state index contributed by atoms with van der Waals surface area (Å²) in [7, 11) is 0. The van der Waals surface area contributed by atoms with E-state index < -0.39 is 5.78 Å². The van der Waals surface area contributed by atoms with Crippen molar-refractivity contribution in [2.75, 3.05) is 0 Å². The van der Waals surface area contributed by atoms with E-state index in [4.69, 9.17) is 11.6 Å². The van der Waals surface area contributed by atoms with Crippen molar-refractivity contribution in [1.82, 2.24) is 20.2 Å². The molecule has 140 valence electrons. The lowest BCUT2D eigenvalue weighted by molar-refractivity contribution is 0.103. The molecular formula is C20H14ClFN4O2. The van der Waals surface area contributed by atoms with Crippen LogP contribution in [0.25, 0.3) is 16.7 Å². The van der Waals surface area contributed by atoms with Gasteiger partial charge < -0.3 is 10.1 Å². The van der Waals surface area contributed by atoms with Crippen molar-refractivity contribution in [3.63, 3.8) is 0 Å². The molecule has 0 aliphatic heterocycles. The molecule has 0 unspecified atom stereocenters. The molecule has 0 aliphatic carbocycles. The van der Waals surface area contributed by atoms with E-state index in [0.717, 1.165) is 17.2 Å². The Morgan fingerprint density at radius 3 is 2.71 bits per heavy atom. The number of fused-ring (bicyclic) bond motifs is 1. The summed E-state index contributed by atoms with van der Waals surface area (Å²) in [6, 6.07) is 11.3. The average Bonchev–Trinajstić information content (AvgIpc) is 3.31. The predicted octanol–water partition coefficient (Wildman–Crippen LogP) is 4.45. The van der Waals surface area contributed by atoms with Crippen molar-refractivity contribution < 1.29 is 14.3 Å². The molecule has 0 bridgehead atoms. The summed E-state index contributed by atoms with van der Waals surface area (Å²) in [6.07, 6.45) is 2.69. The fourth-order valence-corrected chi connectivity index (χ4v) is 3.21. The fourth-order valence-electron chi connectivity index (χ4n) is 3.04. The van der Waals surface area contributed by atoms with Gasteiger partial charge in [-0.3, -0.25) is 9.89 Å². The molecular weight excluding hydrogens is 383 g/mol. The Hall–Kier alpha value is -3.45. The Bertz CT molecular complexity index is 1180. The van der Waals surface area contributed by atoms with Crippen LogP contribution in [-0.2, 0) is 6.42 Å². The molecule has 8 heteroatoms. The highest BCUT2D eigenvalue weighted by atomic mass is 35.5. The van der Waals surface area contributed by atoms with Crippen LogP contribution in [0.15, 0.2) is 54.9 Å². The Morgan fingerprint density at radius 1 is 1.21 bits per heavy atom. The highest BCUT2D eigenvalue weighted by Gasteiger charge is 2.18. The Kier molecular flexibility index (Phi) is 4.67. The molecule has 6 nitrogen and oxygen atoms in total. The van der Waals surface area contributed by atoms with E-state index >= 15 is 0 Å². The molecule has 28 heavy (non-hydrogen) atoms. The van der Waals surface area contributed by atoms with Gasteiger partial charge in [-0.1, -0.05) is 23.7 Å². The summed E-state index contributed by atoms with van der Waals surface area (Å²) in [5.74, 6) is -1.05. The van der Waals surface area contributed by atoms with E-state index in [1.165, 1.54) is 18.5 Å². The summed E-state index contributed by atoms with van der Waals surface area (Å²) in [4.78, 5) is 19.3. The van der Waals surface area contributed by atoms with Crippen LogP contribution < -0.4 is 0 Å². The summed E-state index contributed by atoms with van der Waals surface area (Å²) in [5.41, 5.74) is 2.72. The van der Waals surface area contributed by atoms with Gasteiger partial charge >= 0.3 is 0 Å². The Labute approximate surface area is 163 Å². The molecule has 0 spiro atoms. The first-order chi connectivity index (χ1) is 13.5. The second kappa shape index (κ2) is 7.28. The third-order valence-electron chi connectivity index (χ3n) is 4.30. The topological polar surface area (TPSA) is 94.7 Å². The van der Waals surface area contributed by atoms with Crippen LogP contribution in [0, 0.1) is 5.82 Å². The lowest BCUT2D eigenvalue weighted by atomic mass is 10.0. The van der Waals surface area contributed by atoms with Crippen LogP contribution in [0.1, 0.15) is 27.4 Å². The monoisotopic (exact) mass is 396 g/mol. The van der Waals surface area contributed by atoms with Crippen molar-refractivity contribution in [1.29, 1.82) is 0 Å². The summed E-state index contributed by atoms with van der Waals surface area (Å²) >= 11 is 6.12. The highest BCUT2D eigenvalue weighted by molar-refractivity contribution is 6.31. The number of H-pyrrole nitrogens is 2. The zero-order valence-electron chi connectivity index (χ0n) is 14.4. The van der Waals surface area contributed by atoms with Crippen LogP contribution in [0.2, 0.25) is 5.02 Å². The number of hydrogen-bond donors (Lipinski definition) is 3. The number of benzene rings is 2. The number of nitrogens with one attached hydrogen (secondary N) is 2. The summed E-state index contributed by atoms with van der Waals surface area (Å²) < 4.78 is 13.2. The quantitative estimate of drug-likeness (QED) is 0.264. The normalized spacial score (nSPS) is 11.9. The van der Waals surface area contributed by atoms with Gasteiger partial charge in [0.1, 0.15) is 17.9 Å². The molecule has 3 N–H and O–H groups in total. The zero-order valence-corrected chi connectivity index (χ0v) is 15.2. The van der Waals surface area contributed by atoms with Crippen molar-refractivity contribution >= 4 is 34.0 Å². The van der Waals surface area contributed by atoms with Crippen LogP contribution >= 0.6 is 11.6 Å². The molecule has 2 aromatic heterocycles. The van der Waals surface area contributed by atoms with Crippen molar-refractivity contribution in [2.24, 2.45) is 0 Å². The SMILES string of the molecule is O=C(C=C(O)c1c(Cc2ccc(F)cc2)[nH]c2ccc(Cl)cc12)c1ncn[nH]1. The highest BCUT2D eigenvalue weighted by Crippen LogP contribution is 2.31. The molecule has 0 fully saturated rings. The fraction of sp³-hybridized carbons (Fsp3) is 0.0500. The Balaban J connectivity index is 1.81. The maximum Gasteiger partial charge on any atom is 0.226 e. The number of ketones is 1. The van der Waals surface area contributed by atoms with E-state index in [0.29, 0.717) is 28.1 Å². The van der Waals surface area contributed by atoms with E-state index in [9.17, 15) is 14.3 Å². The number of aliphatic hydroxyl groups is 1. The van der Waals surface area contributed by atoms with E-state index in [1.54, 1.807) is 30.3 Å². The van der Waals surface area contributed by atoms with Gasteiger partial charge in [-0.2, -0.15) is 5.10 Å². The molecule has 0 aliphatic rings. The molecule has 0 radical (unpaired) electrons. The van der Waals surface area contributed by atoms with Crippen LogP contribution in [0.4, 0.5) is 4.39 Å². The minimum Gasteiger partial charge on any atom is -0.507 e. The standard InChI is InChI=1S/C20H14ClFN4O2/c21-12-3-6-15-14(8-12)19(17(27)9-18(28)20-23-10-24-26-20)16(25-15)7-11-1-4-13(22)5-2-11/h1-6,8-10,25,27H,7H2,(H,23,24,26). The number of aromatic amines is 2. The van der Waals surface area contributed by atoms with E-state index in [-0.39, 0.29) is 17.4 Å².